The zero-order chi connectivity index (χ0) is 18.4. The lowest BCUT2D eigenvalue weighted by atomic mass is 9.75. The van der Waals surface area contributed by atoms with Crippen LogP contribution in [0.3, 0.4) is 0 Å². The lowest BCUT2D eigenvalue weighted by Crippen LogP contribution is -2.42. The highest BCUT2D eigenvalue weighted by molar-refractivity contribution is 6.62. The highest BCUT2D eigenvalue weighted by Crippen LogP contribution is 2.36. The number of aryl methyl sites for hydroxylation is 1. The third-order valence-electron chi connectivity index (χ3n) is 5.68. The zero-order valence-corrected chi connectivity index (χ0v) is 15.8. The number of hydrogen-bond acceptors (Lipinski definition) is 3. The van der Waals surface area contributed by atoms with Crippen molar-refractivity contribution in [3.8, 4) is 0 Å². The van der Waals surface area contributed by atoms with Crippen LogP contribution in [-0.4, -0.2) is 48.4 Å². The van der Waals surface area contributed by atoms with Crippen LogP contribution in [-0.2, 0) is 9.31 Å². The van der Waals surface area contributed by atoms with E-state index in [4.69, 9.17) is 9.31 Å². The molecule has 0 spiro atoms. The van der Waals surface area contributed by atoms with Gasteiger partial charge in [0.15, 0.2) is 0 Å². The smallest absolute Gasteiger partial charge is 0.399 e. The maximum absolute atomic E-state index is 13.6. The molecule has 2 heterocycles. The number of carbonyl (C=O) groups is 1. The molecule has 1 unspecified atom stereocenters. The highest BCUT2D eigenvalue weighted by atomic mass is 19.1. The Morgan fingerprint density at radius 1 is 1.24 bits per heavy atom. The van der Waals surface area contributed by atoms with Crippen LogP contribution in [0.4, 0.5) is 4.39 Å². The Bertz CT molecular complexity index is 661. The normalized spacial score (nSPS) is 25.3. The number of carbonyl (C=O) groups excluding carboxylic acids is 1. The van der Waals surface area contributed by atoms with E-state index in [1.54, 1.807) is 11.0 Å². The van der Waals surface area contributed by atoms with Gasteiger partial charge < -0.3 is 14.2 Å². The minimum Gasteiger partial charge on any atom is -0.399 e. The molecule has 0 aromatic heterocycles. The molecule has 1 aromatic carbocycles. The topological polar surface area (TPSA) is 38.8 Å². The van der Waals surface area contributed by atoms with Gasteiger partial charge in [-0.3, -0.25) is 4.79 Å². The minimum absolute atomic E-state index is 0.125. The number of rotatable bonds is 2. The fourth-order valence-electron chi connectivity index (χ4n) is 3.29. The van der Waals surface area contributed by atoms with Crippen molar-refractivity contribution in [3.05, 3.63) is 29.3 Å². The Morgan fingerprint density at radius 3 is 2.48 bits per heavy atom. The van der Waals surface area contributed by atoms with E-state index in [9.17, 15) is 9.18 Å². The zero-order valence-electron chi connectivity index (χ0n) is 15.8. The van der Waals surface area contributed by atoms with Crippen molar-refractivity contribution in [2.75, 3.05) is 13.1 Å². The summed E-state index contributed by atoms with van der Waals surface area (Å²) in [6.07, 6.45) is 0.324. The van der Waals surface area contributed by atoms with Crippen molar-refractivity contribution in [3.63, 3.8) is 0 Å². The van der Waals surface area contributed by atoms with Crippen molar-refractivity contribution in [1.29, 1.82) is 0 Å². The molecule has 2 saturated heterocycles. The molecule has 0 bridgehead atoms. The van der Waals surface area contributed by atoms with E-state index in [-0.39, 0.29) is 12.5 Å². The SMILES string of the molecule is Cc1ccc(C(=O)N2CCCC(F)C2)cc1B1OC(C)(C)C(C)(C)O1. The summed E-state index contributed by atoms with van der Waals surface area (Å²) in [7, 11) is -0.506. The van der Waals surface area contributed by atoms with Gasteiger partial charge in [-0.1, -0.05) is 11.6 Å². The molecule has 1 amide bonds. The molecule has 2 aliphatic rings. The van der Waals surface area contributed by atoms with Gasteiger partial charge in [0, 0.05) is 12.1 Å². The first kappa shape index (κ1) is 18.4. The van der Waals surface area contributed by atoms with Crippen molar-refractivity contribution < 1.29 is 18.5 Å². The Balaban J connectivity index is 1.85. The third kappa shape index (κ3) is 3.47. The molecule has 25 heavy (non-hydrogen) atoms. The largest absolute Gasteiger partial charge is 0.495 e. The maximum atomic E-state index is 13.6. The molecule has 1 aromatic rings. The predicted molar refractivity (Wildman–Crippen MR) is 96.9 cm³/mol. The van der Waals surface area contributed by atoms with Crippen molar-refractivity contribution in [2.45, 2.75) is 64.8 Å². The molecule has 4 nitrogen and oxygen atoms in total. The van der Waals surface area contributed by atoms with Crippen LogP contribution in [0.2, 0.25) is 0 Å². The van der Waals surface area contributed by atoms with Gasteiger partial charge in [-0.25, -0.2) is 4.39 Å². The van der Waals surface area contributed by atoms with E-state index in [1.807, 2.05) is 46.8 Å². The molecule has 3 rings (SSSR count). The average Bonchev–Trinajstić information content (AvgIpc) is 2.75. The fraction of sp³-hybridized carbons (Fsp3) is 0.632. The van der Waals surface area contributed by atoms with Gasteiger partial charge in [0.25, 0.3) is 5.91 Å². The number of likely N-dealkylation sites (tertiary alicyclic amines) is 1. The quantitative estimate of drug-likeness (QED) is 0.773. The molecule has 6 heteroatoms. The molecule has 0 N–H and O–H groups in total. The lowest BCUT2D eigenvalue weighted by molar-refractivity contribution is 0.00578. The summed E-state index contributed by atoms with van der Waals surface area (Å²) in [5.41, 5.74) is 1.57. The van der Waals surface area contributed by atoms with E-state index in [2.05, 4.69) is 0 Å². The number of alkyl halides is 1. The summed E-state index contributed by atoms with van der Waals surface area (Å²) >= 11 is 0. The Hall–Kier alpha value is -1.40. The molecule has 0 aliphatic carbocycles. The van der Waals surface area contributed by atoms with E-state index in [1.165, 1.54) is 0 Å². The molecule has 2 fully saturated rings. The molecule has 136 valence electrons. The number of amides is 1. The first-order chi connectivity index (χ1) is 11.6. The summed E-state index contributed by atoms with van der Waals surface area (Å²) in [6.45, 7) is 10.8. The lowest BCUT2D eigenvalue weighted by Gasteiger charge is -2.32. The maximum Gasteiger partial charge on any atom is 0.495 e. The van der Waals surface area contributed by atoms with E-state index in [0.29, 0.717) is 24.9 Å². The van der Waals surface area contributed by atoms with Crippen molar-refractivity contribution >= 4 is 18.5 Å². The van der Waals surface area contributed by atoms with Crippen LogP contribution in [0.25, 0.3) is 0 Å². The van der Waals surface area contributed by atoms with E-state index in [0.717, 1.165) is 11.0 Å². The van der Waals surface area contributed by atoms with Gasteiger partial charge in [0.1, 0.15) is 6.17 Å². The number of halogens is 1. The van der Waals surface area contributed by atoms with Crippen LogP contribution < -0.4 is 5.46 Å². The highest BCUT2D eigenvalue weighted by Gasteiger charge is 2.52. The molecule has 0 saturated carbocycles. The van der Waals surface area contributed by atoms with Crippen LogP contribution in [0.1, 0.15) is 56.5 Å². The summed E-state index contributed by atoms with van der Waals surface area (Å²) in [6, 6.07) is 5.54. The van der Waals surface area contributed by atoms with Crippen LogP contribution >= 0.6 is 0 Å². The summed E-state index contributed by atoms with van der Waals surface area (Å²) < 4.78 is 25.9. The molecular formula is C19H27BFNO3. The average molecular weight is 347 g/mol. The Kier molecular flexibility index (Phi) is 4.71. The second-order valence-electron chi connectivity index (χ2n) is 8.15. The monoisotopic (exact) mass is 347 g/mol. The minimum atomic E-state index is -0.925. The number of hydrogen-bond donors (Lipinski definition) is 0. The van der Waals surface area contributed by atoms with Gasteiger partial charge in [0.2, 0.25) is 0 Å². The first-order valence-corrected chi connectivity index (χ1v) is 9.00. The summed E-state index contributed by atoms with van der Waals surface area (Å²) in [5.74, 6) is -0.125. The second kappa shape index (κ2) is 6.40. The predicted octanol–water partition coefficient (Wildman–Crippen LogP) is 2.87. The van der Waals surface area contributed by atoms with Crippen molar-refractivity contribution in [2.24, 2.45) is 0 Å². The number of piperidine rings is 1. The summed E-state index contributed by atoms with van der Waals surface area (Å²) in [5, 5.41) is 0. The third-order valence-corrected chi connectivity index (χ3v) is 5.68. The van der Waals surface area contributed by atoms with E-state index < -0.39 is 24.5 Å². The Labute approximate surface area is 149 Å². The molecule has 1 atom stereocenters. The first-order valence-electron chi connectivity index (χ1n) is 9.00. The van der Waals surface area contributed by atoms with Crippen molar-refractivity contribution in [1.82, 2.24) is 4.90 Å². The molecule has 0 radical (unpaired) electrons. The van der Waals surface area contributed by atoms with Gasteiger partial charge in [-0.2, -0.15) is 0 Å². The van der Waals surface area contributed by atoms with Crippen LogP contribution in [0.15, 0.2) is 18.2 Å². The molecular weight excluding hydrogens is 320 g/mol. The molecule has 2 aliphatic heterocycles. The number of nitrogens with zero attached hydrogens (tertiary/aromatic N) is 1. The van der Waals surface area contributed by atoms with Gasteiger partial charge in [-0.05, 0) is 65.1 Å². The van der Waals surface area contributed by atoms with Crippen LogP contribution in [0, 0.1) is 6.92 Å². The van der Waals surface area contributed by atoms with Crippen LogP contribution in [0.5, 0.6) is 0 Å². The number of benzene rings is 1. The standard InChI is InChI=1S/C19H27BFNO3/c1-13-8-9-14(17(23)22-10-6-7-15(21)12-22)11-16(13)20-24-18(2,3)19(4,5)25-20/h8-9,11,15H,6-7,10,12H2,1-5H3. The van der Waals surface area contributed by atoms with Gasteiger partial charge in [-0.15, -0.1) is 0 Å². The van der Waals surface area contributed by atoms with Gasteiger partial charge >= 0.3 is 7.12 Å². The second-order valence-corrected chi connectivity index (χ2v) is 8.15. The summed E-state index contributed by atoms with van der Waals surface area (Å²) in [4.78, 5) is 14.4. The Morgan fingerprint density at radius 2 is 1.88 bits per heavy atom. The van der Waals surface area contributed by atoms with E-state index >= 15 is 0 Å². The fourth-order valence-corrected chi connectivity index (χ4v) is 3.29. The van der Waals surface area contributed by atoms with Gasteiger partial charge in [0.05, 0.1) is 17.7 Å².